The van der Waals surface area contributed by atoms with Gasteiger partial charge in [0.25, 0.3) is 0 Å². The van der Waals surface area contributed by atoms with Gasteiger partial charge in [0.1, 0.15) is 11.4 Å². The monoisotopic (exact) mass is 311 g/mol. The third-order valence-corrected chi connectivity index (χ3v) is 3.66. The lowest BCUT2D eigenvalue weighted by molar-refractivity contribution is 0.620. The molecule has 6 heteroatoms. The number of hydrogen-bond acceptors (Lipinski definition) is 5. The lowest BCUT2D eigenvalue weighted by Gasteiger charge is -2.08. The van der Waals surface area contributed by atoms with E-state index in [1.54, 1.807) is 24.3 Å². The lowest BCUT2D eigenvalue weighted by Crippen LogP contribution is -2.04. The molecular formula is C16H10ClN3O2. The number of rotatable bonds is 1. The van der Waals surface area contributed by atoms with E-state index in [2.05, 4.69) is 0 Å². The fourth-order valence-electron chi connectivity index (χ4n) is 2.15. The minimum atomic E-state index is -0.269. The van der Waals surface area contributed by atoms with Gasteiger partial charge in [0.05, 0.1) is 27.7 Å². The Kier molecular flexibility index (Phi) is 3.24. The molecule has 0 fully saturated rings. The number of nitrogen functional groups attached to an aromatic ring is 2. The minimum absolute atomic E-state index is 0.134. The first kappa shape index (κ1) is 14.0. The molecule has 0 saturated heterocycles. The topological polar surface area (TPSA) is 106 Å². The first-order valence-electron chi connectivity index (χ1n) is 6.33. The Morgan fingerprint density at radius 3 is 2.41 bits per heavy atom. The van der Waals surface area contributed by atoms with Crippen LogP contribution in [-0.4, -0.2) is 0 Å². The van der Waals surface area contributed by atoms with Gasteiger partial charge in [0.15, 0.2) is 11.0 Å². The zero-order valence-corrected chi connectivity index (χ0v) is 12.0. The van der Waals surface area contributed by atoms with Gasteiger partial charge in [-0.1, -0.05) is 11.6 Å². The summed E-state index contributed by atoms with van der Waals surface area (Å²) in [5.74, 6) is 0.343. The molecule has 0 unspecified atom stereocenters. The zero-order chi connectivity index (χ0) is 15.9. The summed E-state index contributed by atoms with van der Waals surface area (Å²) in [6.07, 6.45) is 0. The van der Waals surface area contributed by atoms with Gasteiger partial charge in [-0.2, -0.15) is 5.26 Å². The fourth-order valence-corrected chi connectivity index (χ4v) is 2.36. The van der Waals surface area contributed by atoms with Crippen LogP contribution in [0.2, 0.25) is 5.02 Å². The van der Waals surface area contributed by atoms with E-state index in [9.17, 15) is 4.79 Å². The molecular weight excluding hydrogens is 302 g/mol. The molecule has 3 aromatic rings. The predicted octanol–water partition coefficient (Wildman–Crippen LogP) is 3.15. The Balaban J connectivity index is 2.28. The number of nitrogens with two attached hydrogens (primary N) is 2. The summed E-state index contributed by atoms with van der Waals surface area (Å²) in [5.41, 5.74) is 13.1. The number of fused-ring (bicyclic) bond motifs is 1. The third kappa shape index (κ3) is 2.16. The van der Waals surface area contributed by atoms with Crippen molar-refractivity contribution in [3.63, 3.8) is 0 Å². The van der Waals surface area contributed by atoms with Gasteiger partial charge < -0.3 is 15.9 Å². The Morgan fingerprint density at radius 1 is 1.09 bits per heavy atom. The van der Waals surface area contributed by atoms with Gasteiger partial charge in [-0.3, -0.25) is 4.79 Å². The highest BCUT2D eigenvalue weighted by atomic mass is 35.5. The largest absolute Gasteiger partial charge is 0.454 e. The van der Waals surface area contributed by atoms with Crippen molar-refractivity contribution in [2.45, 2.75) is 0 Å². The molecule has 0 bridgehead atoms. The number of hydrogen-bond donors (Lipinski definition) is 2. The standard InChI is InChI=1S/C16H10ClN3O2/c17-11-5-10-12(21)6-13(22-16(10)15(20)14(11)19)9-3-1-8(7-18)2-4-9/h1-6H,19-20H2. The lowest BCUT2D eigenvalue weighted by atomic mass is 10.1. The van der Waals surface area contributed by atoms with Crippen molar-refractivity contribution >= 4 is 33.9 Å². The maximum absolute atomic E-state index is 12.2. The number of benzene rings is 2. The summed E-state index contributed by atoms with van der Waals surface area (Å²) in [5, 5.41) is 9.29. The van der Waals surface area contributed by atoms with Crippen molar-refractivity contribution in [3.8, 4) is 17.4 Å². The summed E-state index contributed by atoms with van der Waals surface area (Å²) in [6, 6.07) is 11.5. The van der Waals surface area contributed by atoms with Crippen molar-refractivity contribution in [3.05, 3.63) is 57.2 Å². The molecule has 5 nitrogen and oxygen atoms in total. The van der Waals surface area contributed by atoms with Gasteiger partial charge in [-0.05, 0) is 30.3 Å². The Bertz CT molecular complexity index is 985. The summed E-state index contributed by atoms with van der Waals surface area (Å²) in [7, 11) is 0. The van der Waals surface area contributed by atoms with Gasteiger partial charge in [-0.15, -0.1) is 0 Å². The number of nitriles is 1. The van der Waals surface area contributed by atoms with Crippen LogP contribution in [0.3, 0.4) is 0 Å². The second kappa shape index (κ2) is 5.10. The molecule has 1 aromatic heterocycles. The first-order chi connectivity index (χ1) is 10.5. The predicted molar refractivity (Wildman–Crippen MR) is 86.5 cm³/mol. The summed E-state index contributed by atoms with van der Waals surface area (Å²) in [6.45, 7) is 0. The fraction of sp³-hybridized carbons (Fsp3) is 0. The molecule has 1 heterocycles. The van der Waals surface area contributed by atoms with Crippen molar-refractivity contribution in [1.82, 2.24) is 0 Å². The second-order valence-corrected chi connectivity index (χ2v) is 5.13. The molecule has 0 atom stereocenters. The highest BCUT2D eigenvalue weighted by Crippen LogP contribution is 2.34. The normalized spacial score (nSPS) is 10.5. The Hall–Kier alpha value is -2.97. The molecule has 0 amide bonds. The second-order valence-electron chi connectivity index (χ2n) is 4.73. The smallest absolute Gasteiger partial charge is 0.193 e. The zero-order valence-electron chi connectivity index (χ0n) is 11.3. The van der Waals surface area contributed by atoms with Crippen molar-refractivity contribution in [1.29, 1.82) is 5.26 Å². The highest BCUT2D eigenvalue weighted by molar-refractivity contribution is 6.35. The molecule has 0 aliphatic heterocycles. The van der Waals surface area contributed by atoms with Crippen LogP contribution in [0.5, 0.6) is 0 Å². The van der Waals surface area contributed by atoms with E-state index in [-0.39, 0.29) is 32.8 Å². The van der Waals surface area contributed by atoms with Gasteiger partial charge in [-0.25, -0.2) is 0 Å². The molecule has 2 aromatic carbocycles. The Morgan fingerprint density at radius 2 is 1.77 bits per heavy atom. The third-order valence-electron chi connectivity index (χ3n) is 3.35. The van der Waals surface area contributed by atoms with Crippen molar-refractivity contribution in [2.75, 3.05) is 11.5 Å². The van der Waals surface area contributed by atoms with E-state index in [0.717, 1.165) is 0 Å². The van der Waals surface area contributed by atoms with Crippen LogP contribution in [-0.2, 0) is 0 Å². The molecule has 108 valence electrons. The van der Waals surface area contributed by atoms with E-state index < -0.39 is 0 Å². The Labute approximate surface area is 130 Å². The SMILES string of the molecule is N#Cc1ccc(-c2cc(=O)c3cc(Cl)c(N)c(N)c3o2)cc1. The van der Waals surface area contributed by atoms with E-state index in [1.165, 1.54) is 12.1 Å². The molecule has 0 aliphatic rings. The average molecular weight is 312 g/mol. The molecule has 0 radical (unpaired) electrons. The molecule has 3 rings (SSSR count). The van der Waals surface area contributed by atoms with Gasteiger partial charge in [0.2, 0.25) is 0 Å². The number of anilines is 2. The van der Waals surface area contributed by atoms with Crippen LogP contribution in [0.15, 0.2) is 45.6 Å². The van der Waals surface area contributed by atoms with E-state index in [4.69, 9.17) is 32.7 Å². The summed E-state index contributed by atoms with van der Waals surface area (Å²) >= 11 is 5.94. The van der Waals surface area contributed by atoms with E-state index in [0.29, 0.717) is 16.9 Å². The molecule has 0 saturated carbocycles. The van der Waals surface area contributed by atoms with Crippen molar-refractivity contribution in [2.24, 2.45) is 0 Å². The quantitative estimate of drug-likeness (QED) is 0.671. The summed E-state index contributed by atoms with van der Waals surface area (Å²) < 4.78 is 5.72. The maximum atomic E-state index is 12.2. The summed E-state index contributed by atoms with van der Waals surface area (Å²) in [4.78, 5) is 12.2. The molecule has 22 heavy (non-hydrogen) atoms. The van der Waals surface area contributed by atoms with Crippen LogP contribution in [0.1, 0.15) is 5.56 Å². The molecule has 0 aliphatic carbocycles. The van der Waals surface area contributed by atoms with Crippen molar-refractivity contribution < 1.29 is 4.42 Å². The average Bonchev–Trinajstić information content (AvgIpc) is 2.54. The number of halogens is 1. The maximum Gasteiger partial charge on any atom is 0.193 e. The first-order valence-corrected chi connectivity index (χ1v) is 6.71. The van der Waals surface area contributed by atoms with Crippen LogP contribution in [0.4, 0.5) is 11.4 Å². The molecule has 0 spiro atoms. The van der Waals surface area contributed by atoms with E-state index >= 15 is 0 Å². The van der Waals surface area contributed by atoms with Gasteiger partial charge >= 0.3 is 0 Å². The minimum Gasteiger partial charge on any atom is -0.454 e. The number of nitrogens with zero attached hydrogens (tertiary/aromatic N) is 1. The van der Waals surface area contributed by atoms with Crippen LogP contribution in [0, 0.1) is 11.3 Å². The van der Waals surface area contributed by atoms with E-state index in [1.807, 2.05) is 6.07 Å². The van der Waals surface area contributed by atoms with Crippen LogP contribution in [0.25, 0.3) is 22.3 Å². The highest BCUT2D eigenvalue weighted by Gasteiger charge is 2.14. The van der Waals surface area contributed by atoms with Crippen LogP contribution >= 0.6 is 11.6 Å². The molecule has 4 N–H and O–H groups in total. The van der Waals surface area contributed by atoms with Crippen LogP contribution < -0.4 is 16.9 Å². The van der Waals surface area contributed by atoms with Gasteiger partial charge in [0, 0.05) is 11.6 Å².